The first-order valence-electron chi connectivity index (χ1n) is 6.33. The van der Waals surface area contributed by atoms with Gasteiger partial charge in [0, 0.05) is 16.2 Å². The van der Waals surface area contributed by atoms with Crippen LogP contribution in [0.4, 0.5) is 4.39 Å². The van der Waals surface area contributed by atoms with Gasteiger partial charge < -0.3 is 10.2 Å². The van der Waals surface area contributed by atoms with Crippen LogP contribution in [0.1, 0.15) is 29.9 Å². The second-order valence-corrected chi connectivity index (χ2v) is 5.69. The largest absolute Gasteiger partial charge is 0.468 e. The van der Waals surface area contributed by atoms with Crippen LogP contribution in [0.3, 0.4) is 0 Å². The number of rotatable bonds is 5. The Morgan fingerprint density at radius 2 is 1.95 bits per heavy atom. The van der Waals surface area contributed by atoms with E-state index in [4.69, 9.17) is 10.2 Å². The molecule has 102 valence electrons. The van der Waals surface area contributed by atoms with Crippen LogP contribution in [-0.4, -0.2) is 6.04 Å². The monoisotopic (exact) mass is 279 g/mol. The fourth-order valence-electron chi connectivity index (χ4n) is 1.90. The summed E-state index contributed by atoms with van der Waals surface area (Å²) in [5, 5.41) is 0.0990. The molecule has 2 unspecified atom stereocenters. The van der Waals surface area contributed by atoms with Gasteiger partial charge in [-0.25, -0.2) is 4.39 Å². The fourth-order valence-corrected chi connectivity index (χ4v) is 3.18. The maximum atomic E-state index is 13.0. The van der Waals surface area contributed by atoms with Crippen LogP contribution in [0.25, 0.3) is 0 Å². The number of hydrogen-bond acceptors (Lipinski definition) is 3. The Balaban J connectivity index is 2.26. The second kappa shape index (κ2) is 6.26. The van der Waals surface area contributed by atoms with E-state index in [1.807, 2.05) is 13.0 Å². The lowest BCUT2D eigenvalue weighted by Crippen LogP contribution is -2.25. The normalized spacial score (nSPS) is 14.3. The van der Waals surface area contributed by atoms with Crippen molar-refractivity contribution in [1.82, 2.24) is 0 Å². The van der Waals surface area contributed by atoms with Crippen molar-refractivity contribution in [2.45, 2.75) is 36.5 Å². The average Bonchev–Trinajstić information content (AvgIpc) is 2.82. The SMILES string of the molecule is CCC(N)C(Sc1ccoc1C)c1ccc(F)cc1. The van der Waals surface area contributed by atoms with Crippen LogP contribution in [0.15, 0.2) is 45.9 Å². The van der Waals surface area contributed by atoms with Crippen LogP contribution < -0.4 is 5.73 Å². The summed E-state index contributed by atoms with van der Waals surface area (Å²) in [6.07, 6.45) is 2.54. The molecule has 2 nitrogen and oxygen atoms in total. The van der Waals surface area contributed by atoms with E-state index in [2.05, 4.69) is 6.92 Å². The predicted octanol–water partition coefficient (Wildman–Crippen LogP) is 4.30. The minimum Gasteiger partial charge on any atom is -0.468 e. The molecule has 2 rings (SSSR count). The summed E-state index contributed by atoms with van der Waals surface area (Å²) in [5.41, 5.74) is 7.25. The molecular weight excluding hydrogens is 261 g/mol. The highest BCUT2D eigenvalue weighted by Gasteiger charge is 2.21. The van der Waals surface area contributed by atoms with Gasteiger partial charge in [0.15, 0.2) is 0 Å². The Hall–Kier alpha value is -1.26. The third-order valence-corrected chi connectivity index (χ3v) is 4.68. The Labute approximate surface area is 117 Å². The zero-order chi connectivity index (χ0) is 13.8. The molecule has 0 radical (unpaired) electrons. The molecule has 0 amide bonds. The fraction of sp³-hybridized carbons (Fsp3) is 0.333. The molecular formula is C15H18FNOS. The zero-order valence-corrected chi connectivity index (χ0v) is 11.9. The van der Waals surface area contributed by atoms with Gasteiger partial charge in [0.25, 0.3) is 0 Å². The highest BCUT2D eigenvalue weighted by Crippen LogP contribution is 2.39. The van der Waals surface area contributed by atoms with Crippen molar-refractivity contribution in [3.8, 4) is 0 Å². The van der Waals surface area contributed by atoms with E-state index < -0.39 is 0 Å². The van der Waals surface area contributed by atoms with Gasteiger partial charge in [-0.1, -0.05) is 19.1 Å². The molecule has 2 atom stereocenters. The molecule has 2 aromatic rings. The number of benzene rings is 1. The summed E-state index contributed by atoms with van der Waals surface area (Å²) in [6, 6.07) is 8.53. The summed E-state index contributed by atoms with van der Waals surface area (Å²) < 4.78 is 18.3. The molecule has 0 fully saturated rings. The molecule has 1 aromatic heterocycles. The topological polar surface area (TPSA) is 39.2 Å². The molecule has 0 aliphatic rings. The number of thioether (sulfide) groups is 1. The minimum absolute atomic E-state index is 0.0183. The first kappa shape index (κ1) is 14.2. The lowest BCUT2D eigenvalue weighted by Gasteiger charge is -2.22. The Morgan fingerprint density at radius 3 is 2.47 bits per heavy atom. The van der Waals surface area contributed by atoms with Gasteiger partial charge in [-0.3, -0.25) is 0 Å². The number of nitrogens with two attached hydrogens (primary N) is 1. The summed E-state index contributed by atoms with van der Waals surface area (Å²) in [4.78, 5) is 1.08. The predicted molar refractivity (Wildman–Crippen MR) is 76.7 cm³/mol. The molecule has 0 aliphatic carbocycles. The lowest BCUT2D eigenvalue weighted by molar-refractivity contribution is 0.526. The molecule has 0 bridgehead atoms. The van der Waals surface area contributed by atoms with Crippen LogP contribution in [0.5, 0.6) is 0 Å². The molecule has 1 heterocycles. The molecule has 1 aromatic carbocycles. The zero-order valence-electron chi connectivity index (χ0n) is 11.1. The molecule has 0 spiro atoms. The quantitative estimate of drug-likeness (QED) is 0.829. The van der Waals surface area contributed by atoms with E-state index in [1.54, 1.807) is 30.2 Å². The van der Waals surface area contributed by atoms with Crippen LogP contribution in [0.2, 0.25) is 0 Å². The Kier molecular flexibility index (Phi) is 4.66. The van der Waals surface area contributed by atoms with Gasteiger partial charge in [-0.2, -0.15) is 0 Å². The van der Waals surface area contributed by atoms with E-state index in [-0.39, 0.29) is 17.1 Å². The first-order valence-corrected chi connectivity index (χ1v) is 7.21. The molecule has 4 heteroatoms. The first-order chi connectivity index (χ1) is 9.11. The molecule has 0 aliphatic heterocycles. The molecule has 0 saturated heterocycles. The van der Waals surface area contributed by atoms with Crippen molar-refractivity contribution in [1.29, 1.82) is 0 Å². The van der Waals surface area contributed by atoms with E-state index in [0.29, 0.717) is 0 Å². The minimum atomic E-state index is -0.225. The maximum Gasteiger partial charge on any atom is 0.123 e. The van der Waals surface area contributed by atoms with Crippen LogP contribution in [0, 0.1) is 12.7 Å². The van der Waals surface area contributed by atoms with E-state index in [0.717, 1.165) is 22.6 Å². The lowest BCUT2D eigenvalue weighted by atomic mass is 10.0. The number of hydrogen-bond donors (Lipinski definition) is 1. The van der Waals surface area contributed by atoms with Gasteiger partial charge in [-0.05, 0) is 37.1 Å². The maximum absolute atomic E-state index is 13.0. The number of aryl methyl sites for hydroxylation is 1. The van der Waals surface area contributed by atoms with Gasteiger partial charge >= 0.3 is 0 Å². The molecule has 19 heavy (non-hydrogen) atoms. The summed E-state index contributed by atoms with van der Waals surface area (Å²) in [5.74, 6) is 0.664. The second-order valence-electron chi connectivity index (χ2n) is 4.50. The van der Waals surface area contributed by atoms with Crippen molar-refractivity contribution < 1.29 is 8.81 Å². The smallest absolute Gasteiger partial charge is 0.123 e. The third kappa shape index (κ3) is 3.39. The van der Waals surface area contributed by atoms with Gasteiger partial charge in [0.05, 0.1) is 6.26 Å². The van der Waals surface area contributed by atoms with Gasteiger partial charge in [-0.15, -0.1) is 11.8 Å². The van der Waals surface area contributed by atoms with Crippen molar-refractivity contribution in [3.63, 3.8) is 0 Å². The Bertz CT molecular complexity index is 523. The molecule has 2 N–H and O–H groups in total. The average molecular weight is 279 g/mol. The number of halogens is 1. The standard InChI is InChI=1S/C15H18FNOS/c1-3-13(17)15(11-4-6-12(16)7-5-11)19-14-8-9-18-10(14)2/h4-9,13,15H,3,17H2,1-2H3. The summed E-state index contributed by atoms with van der Waals surface area (Å²) in [7, 11) is 0. The highest BCUT2D eigenvalue weighted by molar-refractivity contribution is 7.99. The van der Waals surface area contributed by atoms with Crippen molar-refractivity contribution in [2.75, 3.05) is 0 Å². The Morgan fingerprint density at radius 1 is 1.26 bits per heavy atom. The van der Waals surface area contributed by atoms with Gasteiger partial charge in [0.2, 0.25) is 0 Å². The van der Waals surface area contributed by atoms with Crippen LogP contribution >= 0.6 is 11.8 Å². The van der Waals surface area contributed by atoms with E-state index in [1.165, 1.54) is 12.1 Å². The third-order valence-electron chi connectivity index (χ3n) is 3.12. The van der Waals surface area contributed by atoms with E-state index in [9.17, 15) is 4.39 Å². The van der Waals surface area contributed by atoms with Crippen molar-refractivity contribution in [2.24, 2.45) is 5.73 Å². The van der Waals surface area contributed by atoms with Gasteiger partial charge in [0.1, 0.15) is 11.6 Å². The van der Waals surface area contributed by atoms with Crippen molar-refractivity contribution in [3.05, 3.63) is 53.7 Å². The summed E-state index contributed by atoms with van der Waals surface area (Å²) >= 11 is 1.67. The summed E-state index contributed by atoms with van der Waals surface area (Å²) in [6.45, 7) is 3.99. The van der Waals surface area contributed by atoms with E-state index >= 15 is 0 Å². The highest BCUT2D eigenvalue weighted by atomic mass is 32.2. The number of furan rings is 1. The van der Waals surface area contributed by atoms with Crippen molar-refractivity contribution >= 4 is 11.8 Å². The molecule has 0 saturated carbocycles. The van der Waals surface area contributed by atoms with Crippen LogP contribution in [-0.2, 0) is 0 Å².